The van der Waals surface area contributed by atoms with E-state index >= 15 is 0 Å². The van der Waals surface area contributed by atoms with Crippen molar-refractivity contribution in [3.63, 3.8) is 0 Å². The van der Waals surface area contributed by atoms with E-state index < -0.39 is 11.7 Å². The normalized spacial score (nSPS) is 22.8. The van der Waals surface area contributed by atoms with Crippen LogP contribution in [0.25, 0.3) is 0 Å². The fourth-order valence-electron chi connectivity index (χ4n) is 6.15. The number of piperidine rings is 1. The van der Waals surface area contributed by atoms with Crippen LogP contribution in [0.2, 0.25) is 0 Å². The van der Waals surface area contributed by atoms with E-state index in [0.717, 1.165) is 51.4 Å². The predicted molar refractivity (Wildman–Crippen MR) is 140 cm³/mol. The number of nitrogens with one attached hydrogen (secondary N) is 1. The molecule has 1 amide bonds. The average molecular weight is 515 g/mol. The summed E-state index contributed by atoms with van der Waals surface area (Å²) < 4.78 is 40.4. The topological polar surface area (TPSA) is 38.8 Å². The molecule has 37 heavy (non-hydrogen) atoms. The van der Waals surface area contributed by atoms with Crippen LogP contribution in [0.3, 0.4) is 0 Å². The highest BCUT2D eigenvalue weighted by atomic mass is 19.4. The first-order valence-electron chi connectivity index (χ1n) is 13.6. The van der Waals surface area contributed by atoms with Crippen molar-refractivity contribution < 1.29 is 18.0 Å². The summed E-state index contributed by atoms with van der Waals surface area (Å²) >= 11 is 0. The summed E-state index contributed by atoms with van der Waals surface area (Å²) in [6, 6.07) is 14.3. The summed E-state index contributed by atoms with van der Waals surface area (Å²) in [4.78, 5) is 20.4. The number of likely N-dealkylation sites (tertiary alicyclic amines) is 1. The molecule has 8 heteroatoms. The molecule has 0 aromatic heterocycles. The molecule has 2 aromatic rings. The number of fused-ring (bicyclic) bond motifs is 3. The summed E-state index contributed by atoms with van der Waals surface area (Å²) in [6.45, 7) is 6.71. The minimum atomic E-state index is -4.39. The highest BCUT2D eigenvalue weighted by Crippen LogP contribution is 2.39. The Labute approximate surface area is 217 Å². The third kappa shape index (κ3) is 6.29. The minimum Gasteiger partial charge on any atom is -0.365 e. The fourth-order valence-corrected chi connectivity index (χ4v) is 6.15. The number of amides is 1. The number of alkyl halides is 3. The molecule has 2 fully saturated rings. The van der Waals surface area contributed by atoms with Gasteiger partial charge < -0.3 is 15.1 Å². The van der Waals surface area contributed by atoms with E-state index in [1.54, 1.807) is 6.07 Å². The van der Waals surface area contributed by atoms with Gasteiger partial charge in [0, 0.05) is 45.0 Å². The monoisotopic (exact) mass is 514 g/mol. The van der Waals surface area contributed by atoms with Crippen molar-refractivity contribution in [3.8, 4) is 0 Å². The van der Waals surface area contributed by atoms with Crippen LogP contribution in [0, 0.1) is 5.92 Å². The molecule has 2 atom stereocenters. The van der Waals surface area contributed by atoms with Gasteiger partial charge in [0.15, 0.2) is 0 Å². The Morgan fingerprint density at radius 1 is 0.919 bits per heavy atom. The number of hydrogen-bond acceptors (Lipinski definition) is 4. The Bertz CT molecular complexity index is 1050. The van der Waals surface area contributed by atoms with Gasteiger partial charge in [0.25, 0.3) is 0 Å². The summed E-state index contributed by atoms with van der Waals surface area (Å²) in [5.74, 6) is -0.420. The lowest BCUT2D eigenvalue weighted by atomic mass is 9.82. The molecule has 3 aliphatic rings. The van der Waals surface area contributed by atoms with Crippen LogP contribution >= 0.6 is 0 Å². The Hall–Kier alpha value is -2.58. The van der Waals surface area contributed by atoms with Crippen LogP contribution in [0.5, 0.6) is 0 Å². The first-order valence-corrected chi connectivity index (χ1v) is 13.6. The van der Waals surface area contributed by atoms with E-state index in [2.05, 4.69) is 32.1 Å². The number of carbonyl (C=O) groups is 1. The van der Waals surface area contributed by atoms with Gasteiger partial charge >= 0.3 is 6.18 Å². The molecular formula is C29H37F3N4O. The smallest absolute Gasteiger partial charge is 0.365 e. The molecule has 0 saturated carbocycles. The Balaban J connectivity index is 1.30. The maximum Gasteiger partial charge on any atom is 0.416 e. The second kappa shape index (κ2) is 11.4. The number of halogens is 3. The van der Waals surface area contributed by atoms with Gasteiger partial charge in [0.2, 0.25) is 5.91 Å². The Morgan fingerprint density at radius 3 is 2.46 bits per heavy atom. The third-order valence-corrected chi connectivity index (χ3v) is 8.20. The second-order valence-corrected chi connectivity index (χ2v) is 10.6. The van der Waals surface area contributed by atoms with E-state index in [4.69, 9.17) is 0 Å². The molecular weight excluding hydrogens is 477 g/mol. The molecule has 0 bridgehead atoms. The largest absolute Gasteiger partial charge is 0.416 e. The lowest BCUT2D eigenvalue weighted by molar-refractivity contribution is -0.137. The lowest BCUT2D eigenvalue weighted by Crippen LogP contribution is -2.61. The number of rotatable bonds is 7. The van der Waals surface area contributed by atoms with Crippen LogP contribution < -0.4 is 10.2 Å². The molecule has 0 spiro atoms. The van der Waals surface area contributed by atoms with Crippen LogP contribution in [0.15, 0.2) is 48.5 Å². The summed E-state index contributed by atoms with van der Waals surface area (Å²) in [6.07, 6.45) is 0.542. The van der Waals surface area contributed by atoms with E-state index in [9.17, 15) is 18.0 Å². The minimum absolute atomic E-state index is 0.0417. The van der Waals surface area contributed by atoms with Gasteiger partial charge in [-0.05, 0) is 68.1 Å². The number of nitrogens with zero attached hydrogens (tertiary/aromatic N) is 3. The molecule has 2 saturated heterocycles. The van der Waals surface area contributed by atoms with Gasteiger partial charge in [0.05, 0.1) is 17.5 Å². The zero-order valence-corrected chi connectivity index (χ0v) is 21.3. The van der Waals surface area contributed by atoms with Gasteiger partial charge in [-0.2, -0.15) is 13.2 Å². The molecule has 3 aliphatic heterocycles. The molecule has 1 N–H and O–H groups in total. The van der Waals surface area contributed by atoms with Crippen molar-refractivity contribution in [2.75, 3.05) is 57.3 Å². The second-order valence-electron chi connectivity index (χ2n) is 10.6. The number of benzene rings is 2. The lowest BCUT2D eigenvalue weighted by Gasteiger charge is -2.49. The van der Waals surface area contributed by atoms with Crippen molar-refractivity contribution >= 4 is 11.6 Å². The van der Waals surface area contributed by atoms with Gasteiger partial charge in [-0.25, -0.2) is 0 Å². The zero-order chi connectivity index (χ0) is 25.8. The highest BCUT2D eigenvalue weighted by Gasteiger charge is 2.42. The number of piperazine rings is 1. The Kier molecular flexibility index (Phi) is 8.05. The number of carbonyl (C=O) groups excluding carboxylic acids is 1. The van der Waals surface area contributed by atoms with E-state index in [-0.39, 0.29) is 17.9 Å². The van der Waals surface area contributed by atoms with Crippen LogP contribution in [0.1, 0.15) is 36.0 Å². The van der Waals surface area contributed by atoms with E-state index in [0.29, 0.717) is 25.1 Å². The van der Waals surface area contributed by atoms with Crippen molar-refractivity contribution in [2.24, 2.45) is 5.92 Å². The molecule has 0 radical (unpaired) electrons. The average Bonchev–Trinajstić information content (AvgIpc) is 2.91. The van der Waals surface area contributed by atoms with Crippen molar-refractivity contribution in [1.29, 1.82) is 0 Å². The van der Waals surface area contributed by atoms with Gasteiger partial charge in [-0.15, -0.1) is 0 Å². The number of hydrogen-bond donors (Lipinski definition) is 1. The van der Waals surface area contributed by atoms with Crippen LogP contribution in [-0.2, 0) is 23.8 Å². The predicted octanol–water partition coefficient (Wildman–Crippen LogP) is 4.21. The quantitative estimate of drug-likeness (QED) is 0.601. The Morgan fingerprint density at radius 2 is 1.70 bits per heavy atom. The van der Waals surface area contributed by atoms with Crippen molar-refractivity contribution in [2.45, 2.75) is 44.3 Å². The van der Waals surface area contributed by atoms with Crippen molar-refractivity contribution in [3.05, 3.63) is 65.2 Å². The molecule has 2 unspecified atom stereocenters. The van der Waals surface area contributed by atoms with Gasteiger partial charge in [0.1, 0.15) is 0 Å². The third-order valence-electron chi connectivity index (χ3n) is 8.20. The van der Waals surface area contributed by atoms with Crippen LogP contribution in [0.4, 0.5) is 18.9 Å². The fraction of sp³-hybridized carbons (Fsp3) is 0.552. The van der Waals surface area contributed by atoms with Gasteiger partial charge in [-0.1, -0.05) is 36.8 Å². The molecule has 200 valence electrons. The first kappa shape index (κ1) is 26.0. The molecule has 2 aromatic carbocycles. The maximum absolute atomic E-state index is 13.5. The number of anilines is 1. The standard InChI is InChI=1S/C29H37F3N4O/c30-29(31,32)24-9-10-26-23(19-24)20-25(28(37)33-12-16-34-13-5-2-6-14-34)27-21-35(17-18-36(26)27)15-11-22-7-3-1-4-8-22/h1,3-4,7-10,19,25,27H,2,5-6,11-18,20-21H2,(H,33,37). The van der Waals surface area contributed by atoms with Gasteiger partial charge in [-0.3, -0.25) is 9.69 Å². The first-order chi connectivity index (χ1) is 17.9. The zero-order valence-electron chi connectivity index (χ0n) is 21.3. The maximum atomic E-state index is 13.5. The van der Waals surface area contributed by atoms with Crippen molar-refractivity contribution in [1.82, 2.24) is 15.1 Å². The summed E-state index contributed by atoms with van der Waals surface area (Å²) in [5.41, 5.74) is 2.11. The van der Waals surface area contributed by atoms with E-state index in [1.807, 2.05) is 18.2 Å². The van der Waals surface area contributed by atoms with Crippen LogP contribution in [-0.4, -0.2) is 74.1 Å². The molecule has 3 heterocycles. The van der Waals surface area contributed by atoms with E-state index in [1.165, 1.54) is 37.0 Å². The SMILES string of the molecule is O=C(NCCN1CCCCC1)C1Cc2cc(C(F)(F)F)ccc2N2CCN(CCc3ccccc3)CC12. The summed E-state index contributed by atoms with van der Waals surface area (Å²) in [7, 11) is 0. The highest BCUT2D eigenvalue weighted by molar-refractivity contribution is 5.82. The molecule has 5 rings (SSSR count). The molecule has 0 aliphatic carbocycles. The molecule has 5 nitrogen and oxygen atoms in total. The summed E-state index contributed by atoms with van der Waals surface area (Å²) in [5, 5.41) is 3.13.